The van der Waals surface area contributed by atoms with E-state index in [1.54, 1.807) is 0 Å². The van der Waals surface area contributed by atoms with Gasteiger partial charge in [-0.1, -0.05) is 26.7 Å². The maximum absolute atomic E-state index is 10.9. The molecule has 0 bridgehead atoms. The molecule has 1 aromatic heterocycles. The molecule has 1 aromatic rings. The van der Waals surface area contributed by atoms with Crippen LogP contribution in [-0.4, -0.2) is 34.1 Å². The lowest BCUT2D eigenvalue weighted by atomic mass is 10.3. The van der Waals surface area contributed by atoms with Crippen molar-refractivity contribution in [3.05, 3.63) is 18.0 Å². The van der Waals surface area contributed by atoms with Gasteiger partial charge in [0.25, 0.3) is 0 Å². The minimum Gasteiger partial charge on any atom is -0.477 e. The number of nitrogens with zero attached hydrogens (tertiary/aromatic N) is 3. The average Bonchev–Trinajstić information content (AvgIpc) is 2.39. The van der Waals surface area contributed by atoms with Gasteiger partial charge in [0.05, 0.1) is 0 Å². The zero-order valence-electron chi connectivity index (χ0n) is 11.1. The molecule has 1 N–H and O–H groups in total. The molecule has 0 saturated heterocycles. The Kier molecular flexibility index (Phi) is 6.11. The highest BCUT2D eigenvalue weighted by molar-refractivity contribution is 5.85. The van der Waals surface area contributed by atoms with Crippen molar-refractivity contribution in [2.75, 3.05) is 18.0 Å². The van der Waals surface area contributed by atoms with Crippen LogP contribution in [0.1, 0.15) is 50.0 Å². The van der Waals surface area contributed by atoms with Crippen molar-refractivity contribution >= 4 is 11.9 Å². The lowest BCUT2D eigenvalue weighted by molar-refractivity contribution is 0.0690. The quantitative estimate of drug-likeness (QED) is 0.769. The molecule has 0 aliphatic rings. The summed E-state index contributed by atoms with van der Waals surface area (Å²) in [7, 11) is 0. The predicted molar refractivity (Wildman–Crippen MR) is 71.0 cm³/mol. The number of rotatable bonds is 8. The highest BCUT2D eigenvalue weighted by atomic mass is 16.4. The first-order valence-corrected chi connectivity index (χ1v) is 6.50. The van der Waals surface area contributed by atoms with Gasteiger partial charge in [-0.2, -0.15) is 0 Å². The molecule has 0 fully saturated rings. The van der Waals surface area contributed by atoms with Crippen molar-refractivity contribution in [2.45, 2.75) is 39.5 Å². The zero-order chi connectivity index (χ0) is 13.4. The summed E-state index contributed by atoms with van der Waals surface area (Å²) in [4.78, 5) is 21.2. The van der Waals surface area contributed by atoms with Crippen LogP contribution in [0.2, 0.25) is 0 Å². The van der Waals surface area contributed by atoms with Crippen LogP contribution in [0.25, 0.3) is 0 Å². The molecule has 0 saturated carbocycles. The van der Waals surface area contributed by atoms with E-state index in [2.05, 4.69) is 28.7 Å². The lowest BCUT2D eigenvalue weighted by Crippen LogP contribution is -2.28. The highest BCUT2D eigenvalue weighted by Gasteiger charge is 2.11. The Balaban J connectivity index is 2.82. The molecular formula is C13H21N3O2. The molecule has 100 valence electrons. The second kappa shape index (κ2) is 7.63. The normalized spacial score (nSPS) is 10.3. The van der Waals surface area contributed by atoms with Crippen LogP contribution in [0.5, 0.6) is 0 Å². The Labute approximate surface area is 108 Å². The molecule has 0 atom stereocenters. The molecule has 5 nitrogen and oxygen atoms in total. The molecule has 0 unspecified atom stereocenters. The van der Waals surface area contributed by atoms with Gasteiger partial charge in [0.2, 0.25) is 5.95 Å². The third-order valence-corrected chi connectivity index (χ3v) is 2.71. The third kappa shape index (κ3) is 4.31. The first kappa shape index (κ1) is 14.4. The van der Waals surface area contributed by atoms with Crippen molar-refractivity contribution in [3.63, 3.8) is 0 Å². The largest absolute Gasteiger partial charge is 0.477 e. The smallest absolute Gasteiger partial charge is 0.354 e. The van der Waals surface area contributed by atoms with Gasteiger partial charge in [0, 0.05) is 19.3 Å². The summed E-state index contributed by atoms with van der Waals surface area (Å²) < 4.78 is 0. The summed E-state index contributed by atoms with van der Waals surface area (Å²) >= 11 is 0. The Bertz CT molecular complexity index is 374. The number of hydrogen-bond acceptors (Lipinski definition) is 4. The van der Waals surface area contributed by atoms with Gasteiger partial charge in [0.15, 0.2) is 5.69 Å². The molecule has 1 heterocycles. The Hall–Kier alpha value is -1.65. The Morgan fingerprint density at radius 2 is 1.89 bits per heavy atom. The summed E-state index contributed by atoms with van der Waals surface area (Å²) in [5, 5.41) is 8.93. The van der Waals surface area contributed by atoms with Gasteiger partial charge >= 0.3 is 5.97 Å². The van der Waals surface area contributed by atoms with E-state index in [1.807, 2.05) is 0 Å². The Morgan fingerprint density at radius 3 is 2.39 bits per heavy atom. The van der Waals surface area contributed by atoms with E-state index < -0.39 is 5.97 Å². The van der Waals surface area contributed by atoms with Crippen molar-refractivity contribution < 1.29 is 9.90 Å². The molecule has 0 aromatic carbocycles. The van der Waals surface area contributed by atoms with E-state index >= 15 is 0 Å². The molecule has 0 amide bonds. The van der Waals surface area contributed by atoms with Crippen molar-refractivity contribution in [2.24, 2.45) is 0 Å². The van der Waals surface area contributed by atoms with Gasteiger partial charge in [-0.05, 0) is 18.9 Å². The lowest BCUT2D eigenvalue weighted by Gasteiger charge is -2.22. The highest BCUT2D eigenvalue weighted by Crippen LogP contribution is 2.10. The van der Waals surface area contributed by atoms with E-state index in [0.29, 0.717) is 5.95 Å². The molecular weight excluding hydrogens is 230 g/mol. The maximum Gasteiger partial charge on any atom is 0.354 e. The minimum atomic E-state index is -1.01. The van der Waals surface area contributed by atoms with E-state index in [-0.39, 0.29) is 5.69 Å². The average molecular weight is 251 g/mol. The van der Waals surface area contributed by atoms with Crippen LogP contribution in [0.15, 0.2) is 12.3 Å². The molecule has 0 spiro atoms. The Morgan fingerprint density at radius 1 is 1.28 bits per heavy atom. The van der Waals surface area contributed by atoms with Crippen LogP contribution in [0.4, 0.5) is 5.95 Å². The number of unbranched alkanes of at least 4 members (excludes halogenated alkanes) is 2. The summed E-state index contributed by atoms with van der Waals surface area (Å²) in [5.41, 5.74) is 0.0537. The summed E-state index contributed by atoms with van der Waals surface area (Å²) in [5.74, 6) is -0.485. The second-order valence-corrected chi connectivity index (χ2v) is 4.24. The first-order chi connectivity index (χ1) is 8.69. The van der Waals surface area contributed by atoms with Crippen LogP contribution in [0.3, 0.4) is 0 Å². The molecule has 5 heteroatoms. The van der Waals surface area contributed by atoms with Gasteiger partial charge in [-0.15, -0.1) is 0 Å². The van der Waals surface area contributed by atoms with Gasteiger partial charge < -0.3 is 10.0 Å². The van der Waals surface area contributed by atoms with Crippen LogP contribution in [-0.2, 0) is 0 Å². The van der Waals surface area contributed by atoms with E-state index in [9.17, 15) is 4.79 Å². The number of aromatic nitrogens is 2. The molecule has 0 aliphatic heterocycles. The minimum absolute atomic E-state index is 0.0537. The maximum atomic E-state index is 10.9. The fourth-order valence-corrected chi connectivity index (χ4v) is 1.63. The van der Waals surface area contributed by atoms with Crippen LogP contribution >= 0.6 is 0 Å². The topological polar surface area (TPSA) is 66.3 Å². The molecule has 0 radical (unpaired) electrons. The van der Waals surface area contributed by atoms with Crippen molar-refractivity contribution in [3.8, 4) is 0 Å². The number of carboxylic acids is 1. The van der Waals surface area contributed by atoms with E-state index in [4.69, 9.17) is 5.11 Å². The fourth-order valence-electron chi connectivity index (χ4n) is 1.63. The van der Waals surface area contributed by atoms with Crippen molar-refractivity contribution in [1.29, 1.82) is 0 Å². The second-order valence-electron chi connectivity index (χ2n) is 4.24. The van der Waals surface area contributed by atoms with Gasteiger partial charge in [-0.3, -0.25) is 0 Å². The van der Waals surface area contributed by atoms with E-state index in [0.717, 1.165) is 38.8 Å². The molecule has 0 aliphatic carbocycles. The third-order valence-electron chi connectivity index (χ3n) is 2.71. The number of aromatic carboxylic acids is 1. The first-order valence-electron chi connectivity index (χ1n) is 6.50. The number of anilines is 1. The van der Waals surface area contributed by atoms with Crippen LogP contribution < -0.4 is 4.90 Å². The summed E-state index contributed by atoms with van der Waals surface area (Å²) in [6, 6.07) is 1.42. The van der Waals surface area contributed by atoms with Crippen LogP contribution in [0, 0.1) is 0 Å². The predicted octanol–water partition coefficient (Wildman–Crippen LogP) is 2.58. The number of hydrogen-bond donors (Lipinski definition) is 1. The standard InChI is InChI=1S/C13H21N3O2/c1-3-5-9-16(10-6-4-2)13-14-8-7-11(15-13)12(17)18/h7-8H,3-6,9-10H2,1-2H3,(H,17,18). The molecule has 18 heavy (non-hydrogen) atoms. The SMILES string of the molecule is CCCCN(CCCC)c1nccc(C(=O)O)n1. The number of carbonyl (C=O) groups is 1. The van der Waals surface area contributed by atoms with Crippen molar-refractivity contribution in [1.82, 2.24) is 9.97 Å². The summed E-state index contributed by atoms with van der Waals surface area (Å²) in [6.45, 7) is 6.01. The number of carboxylic acid groups (broad SMARTS) is 1. The fraction of sp³-hybridized carbons (Fsp3) is 0.615. The monoisotopic (exact) mass is 251 g/mol. The zero-order valence-corrected chi connectivity index (χ0v) is 11.1. The molecule has 1 rings (SSSR count). The van der Waals surface area contributed by atoms with E-state index in [1.165, 1.54) is 12.3 Å². The van der Waals surface area contributed by atoms with Gasteiger partial charge in [0.1, 0.15) is 0 Å². The van der Waals surface area contributed by atoms with Gasteiger partial charge in [-0.25, -0.2) is 14.8 Å². The summed E-state index contributed by atoms with van der Waals surface area (Å²) in [6.07, 6.45) is 5.83.